The summed E-state index contributed by atoms with van der Waals surface area (Å²) in [5.41, 5.74) is -0.0956. The molecular weight excluding hydrogens is 276 g/mol. The summed E-state index contributed by atoms with van der Waals surface area (Å²) in [6.45, 7) is 4.68. The molecule has 0 spiro atoms. The van der Waals surface area contributed by atoms with Crippen molar-refractivity contribution in [2.75, 3.05) is 6.54 Å². The van der Waals surface area contributed by atoms with Crippen molar-refractivity contribution in [3.8, 4) is 0 Å². The Morgan fingerprint density at radius 3 is 2.67 bits per heavy atom. The molecule has 0 bridgehead atoms. The summed E-state index contributed by atoms with van der Waals surface area (Å²) in [6, 6.07) is 6.06. The van der Waals surface area contributed by atoms with Crippen LogP contribution in [0.4, 0.5) is 8.78 Å². The highest BCUT2D eigenvalue weighted by Gasteiger charge is 2.24. The predicted molar refractivity (Wildman–Crippen MR) is 74.9 cm³/mol. The van der Waals surface area contributed by atoms with Gasteiger partial charge in [0, 0.05) is 6.07 Å². The maximum atomic E-state index is 13.7. The number of hydrogen-bond donors (Lipinski definition) is 0. The molecule has 3 nitrogen and oxygen atoms in total. The number of halogens is 2. The minimum atomic E-state index is -0.832. The number of carbonyl (C=O) groups is 1. The molecule has 1 heterocycles. The molecule has 1 atom stereocenters. The van der Waals surface area contributed by atoms with Gasteiger partial charge in [-0.3, -0.25) is 9.69 Å². The molecule has 0 aliphatic heterocycles. The Morgan fingerprint density at radius 1 is 1.33 bits per heavy atom. The fourth-order valence-electron chi connectivity index (χ4n) is 2.21. The highest BCUT2D eigenvalue weighted by atomic mass is 19.1. The number of benzene rings is 1. The molecule has 1 aromatic carbocycles. The highest BCUT2D eigenvalue weighted by Crippen LogP contribution is 2.16. The third kappa shape index (κ3) is 3.55. The fourth-order valence-corrected chi connectivity index (χ4v) is 2.21. The van der Waals surface area contributed by atoms with Crippen LogP contribution in [0, 0.1) is 11.6 Å². The smallest absolute Gasteiger partial charge is 0.182 e. The van der Waals surface area contributed by atoms with Crippen molar-refractivity contribution < 1.29 is 18.0 Å². The zero-order valence-electron chi connectivity index (χ0n) is 12.0. The van der Waals surface area contributed by atoms with Gasteiger partial charge in [-0.1, -0.05) is 6.92 Å². The number of rotatable bonds is 6. The molecule has 0 aliphatic rings. The molecule has 112 valence electrons. The van der Waals surface area contributed by atoms with Crippen LogP contribution in [0.2, 0.25) is 0 Å². The zero-order chi connectivity index (χ0) is 15.4. The van der Waals surface area contributed by atoms with Crippen LogP contribution in [-0.4, -0.2) is 23.3 Å². The normalized spacial score (nSPS) is 12.6. The summed E-state index contributed by atoms with van der Waals surface area (Å²) >= 11 is 0. The average Bonchev–Trinajstić information content (AvgIpc) is 2.96. The largest absolute Gasteiger partial charge is 0.468 e. The first kappa shape index (κ1) is 15.4. The van der Waals surface area contributed by atoms with Crippen LogP contribution in [0.1, 0.15) is 30.0 Å². The van der Waals surface area contributed by atoms with Gasteiger partial charge in [0.2, 0.25) is 0 Å². The van der Waals surface area contributed by atoms with E-state index < -0.39 is 17.7 Å². The second kappa shape index (κ2) is 6.63. The van der Waals surface area contributed by atoms with Crippen molar-refractivity contribution in [2.45, 2.75) is 26.4 Å². The van der Waals surface area contributed by atoms with Gasteiger partial charge >= 0.3 is 0 Å². The standard InChI is InChI=1S/C16H17F2NO2/c1-3-19(10-13-5-4-8-21-13)11(2)16(20)14-7-6-12(17)9-15(14)18/h4-9,11H,3,10H2,1-2H3. The van der Waals surface area contributed by atoms with Crippen molar-refractivity contribution in [3.63, 3.8) is 0 Å². The van der Waals surface area contributed by atoms with E-state index in [0.29, 0.717) is 13.1 Å². The molecule has 0 fully saturated rings. The van der Waals surface area contributed by atoms with Crippen molar-refractivity contribution in [1.29, 1.82) is 0 Å². The Labute approximate surface area is 122 Å². The van der Waals surface area contributed by atoms with Crippen LogP contribution in [0.15, 0.2) is 41.0 Å². The number of Topliss-reactive ketones (excluding diaryl/α,β-unsaturated/α-hetero) is 1. The van der Waals surface area contributed by atoms with Crippen LogP contribution in [-0.2, 0) is 6.54 Å². The Hall–Kier alpha value is -2.01. The lowest BCUT2D eigenvalue weighted by Gasteiger charge is -2.25. The third-order valence-corrected chi connectivity index (χ3v) is 3.47. The predicted octanol–water partition coefficient (Wildman–Crippen LogP) is 3.65. The first-order valence-corrected chi connectivity index (χ1v) is 6.78. The summed E-state index contributed by atoms with van der Waals surface area (Å²) in [5.74, 6) is -1.17. The lowest BCUT2D eigenvalue weighted by molar-refractivity contribution is 0.0822. The van der Waals surface area contributed by atoms with Crippen LogP contribution < -0.4 is 0 Å². The summed E-state index contributed by atoms with van der Waals surface area (Å²) < 4.78 is 31.9. The number of hydrogen-bond acceptors (Lipinski definition) is 3. The number of likely N-dealkylation sites (N-methyl/N-ethyl adjacent to an activating group) is 1. The molecule has 2 aromatic rings. The molecule has 1 aromatic heterocycles. The second-order valence-electron chi connectivity index (χ2n) is 4.81. The monoisotopic (exact) mass is 293 g/mol. The molecule has 0 N–H and O–H groups in total. The lowest BCUT2D eigenvalue weighted by Crippen LogP contribution is -2.38. The number of carbonyl (C=O) groups excluding carboxylic acids is 1. The topological polar surface area (TPSA) is 33.5 Å². The molecule has 0 amide bonds. The Balaban J connectivity index is 2.16. The number of furan rings is 1. The van der Waals surface area contributed by atoms with E-state index in [4.69, 9.17) is 4.42 Å². The van der Waals surface area contributed by atoms with Gasteiger partial charge in [0.25, 0.3) is 0 Å². The molecule has 21 heavy (non-hydrogen) atoms. The molecule has 5 heteroatoms. The average molecular weight is 293 g/mol. The van der Waals surface area contributed by atoms with E-state index >= 15 is 0 Å². The van der Waals surface area contributed by atoms with Gasteiger partial charge in [0.05, 0.1) is 24.4 Å². The second-order valence-corrected chi connectivity index (χ2v) is 4.81. The van der Waals surface area contributed by atoms with Crippen LogP contribution >= 0.6 is 0 Å². The minimum absolute atomic E-state index is 0.0956. The van der Waals surface area contributed by atoms with E-state index in [9.17, 15) is 13.6 Å². The van der Waals surface area contributed by atoms with Gasteiger partial charge in [-0.25, -0.2) is 8.78 Å². The lowest BCUT2D eigenvalue weighted by atomic mass is 10.0. The quantitative estimate of drug-likeness (QED) is 0.762. The van der Waals surface area contributed by atoms with Gasteiger partial charge in [-0.2, -0.15) is 0 Å². The van der Waals surface area contributed by atoms with E-state index in [1.165, 1.54) is 6.07 Å². The van der Waals surface area contributed by atoms with Crippen LogP contribution in [0.3, 0.4) is 0 Å². The molecule has 0 saturated heterocycles. The Bertz CT molecular complexity index is 611. The summed E-state index contributed by atoms with van der Waals surface area (Å²) in [4.78, 5) is 14.2. The molecule has 0 aliphatic carbocycles. The molecule has 0 radical (unpaired) electrons. The zero-order valence-corrected chi connectivity index (χ0v) is 12.0. The van der Waals surface area contributed by atoms with E-state index in [2.05, 4.69) is 0 Å². The summed E-state index contributed by atoms with van der Waals surface area (Å²) in [5, 5.41) is 0. The number of nitrogens with zero attached hydrogens (tertiary/aromatic N) is 1. The van der Waals surface area contributed by atoms with E-state index in [0.717, 1.165) is 17.9 Å². The molecule has 2 rings (SSSR count). The maximum absolute atomic E-state index is 13.7. The summed E-state index contributed by atoms with van der Waals surface area (Å²) in [7, 11) is 0. The van der Waals surface area contributed by atoms with Gasteiger partial charge in [-0.15, -0.1) is 0 Å². The van der Waals surface area contributed by atoms with Crippen molar-refractivity contribution in [3.05, 3.63) is 59.6 Å². The van der Waals surface area contributed by atoms with Crippen LogP contribution in [0.25, 0.3) is 0 Å². The SMILES string of the molecule is CCN(Cc1ccco1)C(C)C(=O)c1ccc(F)cc1F. The first-order chi connectivity index (χ1) is 10.0. The van der Waals surface area contributed by atoms with E-state index in [-0.39, 0.29) is 11.3 Å². The Morgan fingerprint density at radius 2 is 2.10 bits per heavy atom. The van der Waals surface area contributed by atoms with Crippen molar-refractivity contribution in [2.24, 2.45) is 0 Å². The van der Waals surface area contributed by atoms with Crippen LogP contribution in [0.5, 0.6) is 0 Å². The van der Waals surface area contributed by atoms with E-state index in [1.54, 1.807) is 19.3 Å². The van der Waals surface area contributed by atoms with Gasteiger partial charge < -0.3 is 4.42 Å². The maximum Gasteiger partial charge on any atom is 0.182 e. The fraction of sp³-hybridized carbons (Fsp3) is 0.312. The van der Waals surface area contributed by atoms with E-state index in [1.807, 2.05) is 17.9 Å². The Kier molecular flexibility index (Phi) is 4.85. The summed E-state index contributed by atoms with van der Waals surface area (Å²) in [6.07, 6.45) is 1.56. The van der Waals surface area contributed by atoms with Gasteiger partial charge in [-0.05, 0) is 37.7 Å². The number of ketones is 1. The molecule has 0 saturated carbocycles. The van der Waals surface area contributed by atoms with Crippen molar-refractivity contribution in [1.82, 2.24) is 4.90 Å². The van der Waals surface area contributed by atoms with Gasteiger partial charge in [0.15, 0.2) is 5.78 Å². The molecular formula is C16H17F2NO2. The highest BCUT2D eigenvalue weighted by molar-refractivity contribution is 6.00. The van der Waals surface area contributed by atoms with Crippen molar-refractivity contribution >= 4 is 5.78 Å². The molecule has 1 unspecified atom stereocenters. The third-order valence-electron chi connectivity index (χ3n) is 3.47. The minimum Gasteiger partial charge on any atom is -0.468 e. The first-order valence-electron chi connectivity index (χ1n) is 6.78. The van der Waals surface area contributed by atoms with Gasteiger partial charge in [0.1, 0.15) is 17.4 Å².